The van der Waals surface area contributed by atoms with E-state index in [4.69, 9.17) is 4.74 Å². The molecule has 2 N–H and O–H groups in total. The smallest absolute Gasteiger partial charge is 0.253 e. The third-order valence-corrected chi connectivity index (χ3v) is 5.07. The number of aryl methyl sites for hydroxylation is 1. The molecule has 1 unspecified atom stereocenters. The summed E-state index contributed by atoms with van der Waals surface area (Å²) < 4.78 is 7.49. The number of amides is 2. The molecule has 1 aliphatic rings. The summed E-state index contributed by atoms with van der Waals surface area (Å²) in [5, 5.41) is 5.77. The van der Waals surface area contributed by atoms with Crippen molar-refractivity contribution >= 4 is 28.5 Å². The Morgan fingerprint density at radius 2 is 1.97 bits per heavy atom. The summed E-state index contributed by atoms with van der Waals surface area (Å²) in [5.41, 5.74) is 2.86. The van der Waals surface area contributed by atoms with Crippen LogP contribution in [0.2, 0.25) is 0 Å². The topological polar surface area (TPSA) is 85.2 Å². The van der Waals surface area contributed by atoms with Crippen molar-refractivity contribution in [2.75, 3.05) is 18.5 Å². The average Bonchev–Trinajstić information content (AvgIpc) is 3.41. The number of rotatable bonds is 7. The van der Waals surface area contributed by atoms with Gasteiger partial charge in [-0.25, -0.2) is 4.98 Å². The zero-order valence-electron chi connectivity index (χ0n) is 16.1. The maximum atomic E-state index is 12.6. The van der Waals surface area contributed by atoms with Crippen LogP contribution in [0.15, 0.2) is 54.9 Å². The van der Waals surface area contributed by atoms with E-state index in [2.05, 4.69) is 15.6 Å². The van der Waals surface area contributed by atoms with Gasteiger partial charge in [0.2, 0.25) is 5.91 Å². The lowest BCUT2D eigenvalue weighted by atomic mass is 10.1. The number of aromatic nitrogens is 2. The Morgan fingerprint density at radius 3 is 2.83 bits per heavy atom. The number of ether oxygens (including phenoxy) is 1. The number of nitrogens with one attached hydrogen (secondary N) is 2. The summed E-state index contributed by atoms with van der Waals surface area (Å²) in [6, 6.07) is 14.9. The second kappa shape index (κ2) is 8.87. The van der Waals surface area contributed by atoms with Crippen LogP contribution in [0.4, 0.5) is 5.69 Å². The van der Waals surface area contributed by atoms with E-state index in [1.165, 1.54) is 0 Å². The first-order valence-corrected chi connectivity index (χ1v) is 9.89. The van der Waals surface area contributed by atoms with Gasteiger partial charge in [-0.1, -0.05) is 24.3 Å². The van der Waals surface area contributed by atoms with Gasteiger partial charge in [0.05, 0.1) is 34.7 Å². The molecule has 4 rings (SSSR count). The molecule has 7 nitrogen and oxygen atoms in total. The summed E-state index contributed by atoms with van der Waals surface area (Å²) in [5.74, 6) is -0.362. The van der Waals surface area contributed by atoms with Crippen molar-refractivity contribution in [1.82, 2.24) is 14.9 Å². The van der Waals surface area contributed by atoms with E-state index in [0.29, 0.717) is 24.3 Å². The van der Waals surface area contributed by atoms with Gasteiger partial charge in [0.25, 0.3) is 5.91 Å². The van der Waals surface area contributed by atoms with E-state index in [1.807, 2.05) is 28.8 Å². The second-order valence-corrected chi connectivity index (χ2v) is 7.12. The largest absolute Gasteiger partial charge is 0.376 e. The van der Waals surface area contributed by atoms with Gasteiger partial charge in [0.15, 0.2) is 0 Å². The lowest BCUT2D eigenvalue weighted by Gasteiger charge is -2.14. The molecule has 1 fully saturated rings. The van der Waals surface area contributed by atoms with Crippen LogP contribution in [0.3, 0.4) is 0 Å². The summed E-state index contributed by atoms with van der Waals surface area (Å²) in [7, 11) is 0. The van der Waals surface area contributed by atoms with Crippen molar-refractivity contribution in [3.63, 3.8) is 0 Å². The average molecular weight is 392 g/mol. The molecule has 3 aromatic rings. The third-order valence-electron chi connectivity index (χ3n) is 5.07. The van der Waals surface area contributed by atoms with Gasteiger partial charge < -0.3 is 19.9 Å². The molecule has 2 heterocycles. The van der Waals surface area contributed by atoms with Crippen molar-refractivity contribution < 1.29 is 14.3 Å². The Kier molecular flexibility index (Phi) is 5.86. The van der Waals surface area contributed by atoms with Crippen LogP contribution in [0.5, 0.6) is 0 Å². The predicted octanol–water partition coefficient (Wildman–Crippen LogP) is 2.97. The second-order valence-electron chi connectivity index (χ2n) is 7.12. The van der Waals surface area contributed by atoms with Gasteiger partial charge >= 0.3 is 0 Å². The van der Waals surface area contributed by atoms with E-state index in [0.717, 1.165) is 30.5 Å². The molecule has 1 atom stereocenters. The Hall–Kier alpha value is -3.19. The van der Waals surface area contributed by atoms with Gasteiger partial charge in [-0.15, -0.1) is 0 Å². The number of nitrogens with zero attached hydrogens (tertiary/aromatic N) is 2. The quantitative estimate of drug-likeness (QED) is 0.647. The number of hydrogen-bond donors (Lipinski definition) is 2. The third kappa shape index (κ3) is 4.63. The first kappa shape index (κ1) is 19.1. The van der Waals surface area contributed by atoms with Gasteiger partial charge in [-0.2, -0.15) is 0 Å². The number of anilines is 1. The van der Waals surface area contributed by atoms with Crippen molar-refractivity contribution in [2.45, 2.75) is 31.9 Å². The predicted molar refractivity (Wildman–Crippen MR) is 111 cm³/mol. The Labute approximate surface area is 169 Å². The van der Waals surface area contributed by atoms with E-state index < -0.39 is 0 Å². The number of benzene rings is 2. The summed E-state index contributed by atoms with van der Waals surface area (Å²) in [6.07, 6.45) is 4.09. The SMILES string of the molecule is O=C(CCn1cnc2ccccc21)Nc1ccccc1C(=O)NCC1CCCO1. The van der Waals surface area contributed by atoms with Gasteiger partial charge in [-0.05, 0) is 37.1 Å². The monoisotopic (exact) mass is 392 g/mol. The number of carbonyl (C=O) groups is 2. The first-order valence-electron chi connectivity index (χ1n) is 9.89. The van der Waals surface area contributed by atoms with Crippen LogP contribution in [0.1, 0.15) is 29.6 Å². The Bertz CT molecular complexity index is 1010. The molecule has 1 aromatic heterocycles. The highest BCUT2D eigenvalue weighted by Crippen LogP contribution is 2.17. The van der Waals surface area contributed by atoms with E-state index in [9.17, 15) is 9.59 Å². The molecular weight excluding hydrogens is 368 g/mol. The number of carbonyl (C=O) groups excluding carboxylic acids is 2. The highest BCUT2D eigenvalue weighted by Gasteiger charge is 2.18. The zero-order chi connectivity index (χ0) is 20.1. The molecule has 2 aromatic carbocycles. The molecular formula is C22H24N4O3. The van der Waals surface area contributed by atoms with Crippen LogP contribution in [0, 0.1) is 0 Å². The van der Waals surface area contributed by atoms with E-state index >= 15 is 0 Å². The van der Waals surface area contributed by atoms with Crippen LogP contribution in [0.25, 0.3) is 11.0 Å². The highest BCUT2D eigenvalue weighted by molar-refractivity contribution is 6.03. The molecule has 1 aliphatic heterocycles. The minimum atomic E-state index is -0.211. The molecule has 0 bridgehead atoms. The van der Waals surface area contributed by atoms with Gasteiger partial charge in [0, 0.05) is 26.1 Å². The molecule has 29 heavy (non-hydrogen) atoms. The Balaban J connectivity index is 1.36. The van der Waals surface area contributed by atoms with Crippen molar-refractivity contribution in [2.24, 2.45) is 0 Å². The number of imidazole rings is 1. The molecule has 0 radical (unpaired) electrons. The van der Waals surface area contributed by atoms with E-state index in [-0.39, 0.29) is 24.3 Å². The number of fused-ring (bicyclic) bond motifs is 1. The van der Waals surface area contributed by atoms with Crippen LogP contribution in [-0.2, 0) is 16.1 Å². The minimum absolute atomic E-state index is 0.0747. The number of hydrogen-bond acceptors (Lipinski definition) is 4. The van der Waals surface area contributed by atoms with Crippen molar-refractivity contribution in [3.05, 3.63) is 60.4 Å². The standard InChI is InChI=1S/C22H24N4O3/c27-21(11-12-26-15-24-19-9-3-4-10-20(19)26)25-18-8-2-1-7-17(18)22(28)23-14-16-6-5-13-29-16/h1-4,7-10,15-16H,5-6,11-14H2,(H,23,28)(H,25,27). The molecule has 7 heteroatoms. The summed E-state index contributed by atoms with van der Waals surface area (Å²) in [4.78, 5) is 29.4. The van der Waals surface area contributed by atoms with Gasteiger partial charge in [-0.3, -0.25) is 9.59 Å². The number of para-hydroxylation sites is 3. The maximum absolute atomic E-state index is 12.6. The van der Waals surface area contributed by atoms with Crippen LogP contribution >= 0.6 is 0 Å². The lowest BCUT2D eigenvalue weighted by molar-refractivity contribution is -0.116. The fourth-order valence-corrected chi connectivity index (χ4v) is 3.52. The minimum Gasteiger partial charge on any atom is -0.376 e. The van der Waals surface area contributed by atoms with Crippen molar-refractivity contribution in [3.8, 4) is 0 Å². The summed E-state index contributed by atoms with van der Waals surface area (Å²) in [6.45, 7) is 1.74. The highest BCUT2D eigenvalue weighted by atomic mass is 16.5. The molecule has 0 spiro atoms. The Morgan fingerprint density at radius 1 is 1.14 bits per heavy atom. The molecule has 0 aliphatic carbocycles. The van der Waals surface area contributed by atoms with E-state index in [1.54, 1.807) is 30.6 Å². The first-order chi connectivity index (χ1) is 14.2. The fraction of sp³-hybridized carbons (Fsp3) is 0.318. The molecule has 1 saturated heterocycles. The van der Waals surface area contributed by atoms with Gasteiger partial charge in [0.1, 0.15) is 0 Å². The van der Waals surface area contributed by atoms with Crippen LogP contribution in [-0.4, -0.2) is 40.6 Å². The summed E-state index contributed by atoms with van der Waals surface area (Å²) >= 11 is 0. The normalized spacial score (nSPS) is 16.1. The molecule has 0 saturated carbocycles. The zero-order valence-corrected chi connectivity index (χ0v) is 16.1. The molecule has 2 amide bonds. The fourth-order valence-electron chi connectivity index (χ4n) is 3.52. The molecule has 150 valence electrons. The van der Waals surface area contributed by atoms with Crippen LogP contribution < -0.4 is 10.6 Å². The maximum Gasteiger partial charge on any atom is 0.253 e. The lowest BCUT2D eigenvalue weighted by Crippen LogP contribution is -2.32. The van der Waals surface area contributed by atoms with Crippen molar-refractivity contribution in [1.29, 1.82) is 0 Å².